The molecular weight excluding hydrogens is 158 g/mol. The zero-order valence-electron chi connectivity index (χ0n) is 6.47. The summed E-state index contributed by atoms with van der Waals surface area (Å²) in [7, 11) is 0. The Balaban J connectivity index is 2.43. The van der Waals surface area contributed by atoms with Crippen LogP contribution >= 0.6 is 11.6 Å². The van der Waals surface area contributed by atoms with E-state index in [-0.39, 0.29) is 5.38 Å². The van der Waals surface area contributed by atoms with Gasteiger partial charge in [-0.3, -0.25) is 4.98 Å². The molecule has 1 aromatic heterocycles. The highest BCUT2D eigenvalue weighted by Gasteiger charge is 2.19. The smallest absolute Gasteiger partial charge is 0.0454 e. The van der Waals surface area contributed by atoms with Gasteiger partial charge in [0.05, 0.1) is 0 Å². The molecule has 0 aliphatic heterocycles. The fourth-order valence-electron chi connectivity index (χ4n) is 1.52. The number of rotatable bonds is 0. The maximum atomic E-state index is 5.99. The summed E-state index contributed by atoms with van der Waals surface area (Å²) >= 11 is 5.99. The first kappa shape index (κ1) is 7.11. The van der Waals surface area contributed by atoms with Crippen LogP contribution in [0.4, 0.5) is 0 Å². The van der Waals surface area contributed by atoms with Gasteiger partial charge in [-0.25, -0.2) is 0 Å². The molecule has 0 amide bonds. The molecule has 0 saturated heterocycles. The van der Waals surface area contributed by atoms with Crippen molar-refractivity contribution in [2.75, 3.05) is 0 Å². The van der Waals surface area contributed by atoms with Crippen molar-refractivity contribution in [2.45, 2.75) is 25.1 Å². The molecule has 1 aliphatic rings. The van der Waals surface area contributed by atoms with Crippen LogP contribution in [0.1, 0.15) is 17.0 Å². The zero-order chi connectivity index (χ0) is 7.84. The van der Waals surface area contributed by atoms with Crippen LogP contribution in [0.15, 0.2) is 12.1 Å². The lowest BCUT2D eigenvalue weighted by molar-refractivity contribution is 0.907. The van der Waals surface area contributed by atoms with Crippen molar-refractivity contribution in [2.24, 2.45) is 0 Å². The molecule has 0 N–H and O–H groups in total. The highest BCUT2D eigenvalue weighted by atomic mass is 35.5. The minimum absolute atomic E-state index is 0.277. The maximum Gasteiger partial charge on any atom is 0.0454 e. The van der Waals surface area contributed by atoms with Crippen molar-refractivity contribution < 1.29 is 0 Å². The van der Waals surface area contributed by atoms with Gasteiger partial charge < -0.3 is 0 Å². The molecule has 0 bridgehead atoms. The Morgan fingerprint density at radius 3 is 3.09 bits per heavy atom. The number of pyridine rings is 1. The number of halogens is 1. The highest BCUT2D eigenvalue weighted by molar-refractivity contribution is 6.21. The first-order valence-corrected chi connectivity index (χ1v) is 4.29. The fraction of sp³-hybridized carbons (Fsp3) is 0.444. The van der Waals surface area contributed by atoms with Crippen LogP contribution in [0.3, 0.4) is 0 Å². The summed E-state index contributed by atoms with van der Waals surface area (Å²) in [6, 6.07) is 4.19. The molecule has 1 aromatic rings. The summed E-state index contributed by atoms with van der Waals surface area (Å²) in [5.41, 5.74) is 3.62. The molecule has 58 valence electrons. The normalized spacial score (nSPS) is 21.8. The van der Waals surface area contributed by atoms with E-state index < -0.39 is 0 Å². The lowest BCUT2D eigenvalue weighted by Crippen LogP contribution is -1.94. The van der Waals surface area contributed by atoms with Gasteiger partial charge in [0.15, 0.2) is 0 Å². The van der Waals surface area contributed by atoms with Gasteiger partial charge in [-0.2, -0.15) is 0 Å². The van der Waals surface area contributed by atoms with E-state index in [1.807, 2.05) is 13.0 Å². The second kappa shape index (κ2) is 2.49. The van der Waals surface area contributed by atoms with Gasteiger partial charge in [0, 0.05) is 23.2 Å². The lowest BCUT2D eigenvalue weighted by atomic mass is 10.2. The second-order valence-electron chi connectivity index (χ2n) is 3.06. The molecule has 0 spiro atoms. The molecule has 0 fully saturated rings. The zero-order valence-corrected chi connectivity index (χ0v) is 7.23. The Kier molecular flexibility index (Phi) is 1.61. The predicted molar refractivity (Wildman–Crippen MR) is 46.0 cm³/mol. The Morgan fingerprint density at radius 2 is 2.27 bits per heavy atom. The molecule has 0 radical (unpaired) electrons. The van der Waals surface area contributed by atoms with Gasteiger partial charge in [0.25, 0.3) is 0 Å². The minimum atomic E-state index is 0.277. The Labute approximate surface area is 71.4 Å². The van der Waals surface area contributed by atoms with Crippen LogP contribution < -0.4 is 0 Å². The number of hydrogen-bond acceptors (Lipinski definition) is 1. The highest BCUT2D eigenvalue weighted by Crippen LogP contribution is 2.23. The van der Waals surface area contributed by atoms with Crippen molar-refractivity contribution >= 4 is 11.6 Å². The largest absolute Gasteiger partial charge is 0.258 e. The van der Waals surface area contributed by atoms with Gasteiger partial charge in [-0.1, -0.05) is 6.07 Å². The summed E-state index contributed by atoms with van der Waals surface area (Å²) in [4.78, 5) is 4.42. The minimum Gasteiger partial charge on any atom is -0.258 e. The summed E-state index contributed by atoms with van der Waals surface area (Å²) in [6.45, 7) is 2.02. The summed E-state index contributed by atoms with van der Waals surface area (Å²) < 4.78 is 0. The van der Waals surface area contributed by atoms with E-state index in [1.165, 1.54) is 11.3 Å². The predicted octanol–water partition coefficient (Wildman–Crippen LogP) is 2.10. The Hall–Kier alpha value is -0.560. The third kappa shape index (κ3) is 1.25. The lowest BCUT2D eigenvalue weighted by Gasteiger charge is -1.96. The molecular formula is C9H10ClN. The average molecular weight is 168 g/mol. The number of aromatic nitrogens is 1. The second-order valence-corrected chi connectivity index (χ2v) is 3.68. The quantitative estimate of drug-likeness (QED) is 0.540. The third-order valence-electron chi connectivity index (χ3n) is 2.06. The molecule has 1 nitrogen and oxygen atoms in total. The van der Waals surface area contributed by atoms with Gasteiger partial charge >= 0.3 is 0 Å². The van der Waals surface area contributed by atoms with Crippen molar-refractivity contribution in [3.05, 3.63) is 29.1 Å². The van der Waals surface area contributed by atoms with Crippen LogP contribution in [-0.2, 0) is 12.8 Å². The van der Waals surface area contributed by atoms with Gasteiger partial charge in [0.1, 0.15) is 0 Å². The molecule has 0 aromatic carbocycles. The molecule has 0 saturated carbocycles. The van der Waals surface area contributed by atoms with Crippen molar-refractivity contribution in [3.8, 4) is 0 Å². The molecule has 1 aliphatic carbocycles. The van der Waals surface area contributed by atoms with E-state index in [4.69, 9.17) is 11.6 Å². The van der Waals surface area contributed by atoms with Gasteiger partial charge in [-0.15, -0.1) is 11.6 Å². The number of fused-ring (bicyclic) bond motifs is 1. The van der Waals surface area contributed by atoms with Gasteiger partial charge in [-0.05, 0) is 25.0 Å². The van der Waals surface area contributed by atoms with Crippen molar-refractivity contribution in [3.63, 3.8) is 0 Å². The number of aryl methyl sites for hydroxylation is 1. The molecule has 2 rings (SSSR count). The standard InChI is InChI=1S/C9H10ClN/c1-6-2-3-7-4-8(10)5-9(7)11-6/h2-3,8H,4-5H2,1H3. The van der Waals surface area contributed by atoms with E-state index in [0.717, 1.165) is 18.5 Å². The van der Waals surface area contributed by atoms with Crippen LogP contribution in [0, 0.1) is 6.92 Å². The first-order valence-electron chi connectivity index (χ1n) is 3.85. The van der Waals surface area contributed by atoms with E-state index in [0.29, 0.717) is 0 Å². The summed E-state index contributed by atoms with van der Waals surface area (Å²) in [5, 5.41) is 0.277. The van der Waals surface area contributed by atoms with E-state index in [1.54, 1.807) is 0 Å². The molecule has 1 heterocycles. The van der Waals surface area contributed by atoms with E-state index in [9.17, 15) is 0 Å². The summed E-state index contributed by atoms with van der Waals surface area (Å²) in [5.74, 6) is 0. The molecule has 1 unspecified atom stereocenters. The van der Waals surface area contributed by atoms with E-state index in [2.05, 4.69) is 11.1 Å². The SMILES string of the molecule is Cc1ccc2c(n1)CC(Cl)C2. The number of alkyl halides is 1. The maximum absolute atomic E-state index is 5.99. The fourth-order valence-corrected chi connectivity index (χ4v) is 1.83. The van der Waals surface area contributed by atoms with Crippen LogP contribution in [-0.4, -0.2) is 10.4 Å². The third-order valence-corrected chi connectivity index (χ3v) is 2.37. The van der Waals surface area contributed by atoms with E-state index >= 15 is 0 Å². The topological polar surface area (TPSA) is 12.9 Å². The van der Waals surface area contributed by atoms with Gasteiger partial charge in [0.2, 0.25) is 0 Å². The summed E-state index contributed by atoms with van der Waals surface area (Å²) in [6.07, 6.45) is 1.93. The van der Waals surface area contributed by atoms with Crippen LogP contribution in [0.2, 0.25) is 0 Å². The van der Waals surface area contributed by atoms with Crippen LogP contribution in [0.5, 0.6) is 0 Å². The van der Waals surface area contributed by atoms with Crippen LogP contribution in [0.25, 0.3) is 0 Å². The van der Waals surface area contributed by atoms with Crippen molar-refractivity contribution in [1.29, 1.82) is 0 Å². The van der Waals surface area contributed by atoms with Crippen molar-refractivity contribution in [1.82, 2.24) is 4.98 Å². The first-order chi connectivity index (χ1) is 5.25. The number of hydrogen-bond donors (Lipinski definition) is 0. The molecule has 1 atom stereocenters. The number of nitrogens with zero attached hydrogens (tertiary/aromatic N) is 1. The molecule has 2 heteroatoms. The monoisotopic (exact) mass is 167 g/mol. The Bertz CT molecular complexity index is 283. The molecule has 11 heavy (non-hydrogen) atoms. The Morgan fingerprint density at radius 1 is 1.45 bits per heavy atom. The average Bonchev–Trinajstić information content (AvgIpc) is 2.27.